The van der Waals surface area contributed by atoms with Crippen LogP contribution >= 0.6 is 0 Å². The van der Waals surface area contributed by atoms with Crippen molar-refractivity contribution in [2.24, 2.45) is 5.41 Å². The van der Waals surface area contributed by atoms with E-state index in [2.05, 4.69) is 58.8 Å². The maximum atomic E-state index is 3.71. The molecule has 0 spiro atoms. The second-order valence-corrected chi connectivity index (χ2v) is 7.26. The molecule has 0 aliphatic carbocycles. The molecule has 0 aromatic rings. The molecule has 0 bridgehead atoms. The fourth-order valence-electron chi connectivity index (χ4n) is 2.52. The van der Waals surface area contributed by atoms with Crippen molar-refractivity contribution in [3.63, 3.8) is 0 Å². The SMILES string of the molecule is CCCCCN(C)CC(CC)(CC)CNC(C)(C)C. The first-order valence-electron chi connectivity index (χ1n) is 8.22. The second kappa shape index (κ2) is 8.97. The molecule has 0 fully saturated rings. The van der Waals surface area contributed by atoms with Gasteiger partial charge in [-0.2, -0.15) is 0 Å². The van der Waals surface area contributed by atoms with E-state index >= 15 is 0 Å². The predicted octanol–water partition coefficient (Wildman–Crippen LogP) is 4.30. The molecule has 0 radical (unpaired) electrons. The first kappa shape index (κ1) is 18.9. The average Bonchev–Trinajstić information content (AvgIpc) is 2.34. The summed E-state index contributed by atoms with van der Waals surface area (Å²) in [5.41, 5.74) is 0.643. The Hall–Kier alpha value is -0.0800. The molecular weight excluding hydrogens is 232 g/mol. The maximum Gasteiger partial charge on any atom is 0.00967 e. The zero-order valence-corrected chi connectivity index (χ0v) is 14.6. The minimum Gasteiger partial charge on any atom is -0.311 e. The third kappa shape index (κ3) is 8.65. The summed E-state index contributed by atoms with van der Waals surface area (Å²) < 4.78 is 0. The van der Waals surface area contributed by atoms with E-state index in [0.29, 0.717) is 5.41 Å². The van der Waals surface area contributed by atoms with Crippen LogP contribution in [0.4, 0.5) is 0 Å². The number of rotatable bonds is 10. The van der Waals surface area contributed by atoms with E-state index < -0.39 is 0 Å². The van der Waals surface area contributed by atoms with Crippen molar-refractivity contribution in [2.75, 3.05) is 26.7 Å². The molecule has 0 heterocycles. The molecule has 0 atom stereocenters. The van der Waals surface area contributed by atoms with Gasteiger partial charge in [0.25, 0.3) is 0 Å². The average molecular weight is 271 g/mol. The van der Waals surface area contributed by atoms with Crippen LogP contribution in [0.5, 0.6) is 0 Å². The van der Waals surface area contributed by atoms with Gasteiger partial charge in [-0.25, -0.2) is 0 Å². The lowest BCUT2D eigenvalue weighted by atomic mass is 9.81. The topological polar surface area (TPSA) is 15.3 Å². The number of hydrogen-bond donors (Lipinski definition) is 1. The maximum absolute atomic E-state index is 3.71. The number of nitrogens with zero attached hydrogens (tertiary/aromatic N) is 1. The fourth-order valence-corrected chi connectivity index (χ4v) is 2.52. The highest BCUT2D eigenvalue weighted by atomic mass is 15.1. The van der Waals surface area contributed by atoms with Gasteiger partial charge in [0.15, 0.2) is 0 Å². The van der Waals surface area contributed by atoms with Gasteiger partial charge in [-0.05, 0) is 59.0 Å². The second-order valence-electron chi connectivity index (χ2n) is 7.26. The number of unbranched alkanes of at least 4 members (excludes halogenated alkanes) is 2. The highest BCUT2D eigenvalue weighted by Gasteiger charge is 2.28. The first-order chi connectivity index (χ1) is 8.78. The van der Waals surface area contributed by atoms with Crippen LogP contribution in [-0.2, 0) is 0 Å². The Bertz CT molecular complexity index is 214. The molecule has 0 aliphatic heterocycles. The molecule has 19 heavy (non-hydrogen) atoms. The Morgan fingerprint density at radius 1 is 0.947 bits per heavy atom. The third-order valence-electron chi connectivity index (χ3n) is 4.24. The minimum atomic E-state index is 0.219. The molecule has 2 heteroatoms. The van der Waals surface area contributed by atoms with Gasteiger partial charge < -0.3 is 10.2 Å². The largest absolute Gasteiger partial charge is 0.311 e. The van der Waals surface area contributed by atoms with Gasteiger partial charge in [0.05, 0.1) is 0 Å². The monoisotopic (exact) mass is 270 g/mol. The van der Waals surface area contributed by atoms with Crippen molar-refractivity contribution in [1.82, 2.24) is 10.2 Å². The van der Waals surface area contributed by atoms with Crippen LogP contribution in [0.2, 0.25) is 0 Å². The minimum absolute atomic E-state index is 0.219. The van der Waals surface area contributed by atoms with Crippen LogP contribution in [0.1, 0.15) is 73.6 Å². The molecule has 0 unspecified atom stereocenters. The van der Waals surface area contributed by atoms with Crippen LogP contribution in [0.3, 0.4) is 0 Å². The van der Waals surface area contributed by atoms with E-state index in [1.54, 1.807) is 0 Å². The summed E-state index contributed by atoms with van der Waals surface area (Å²) in [5, 5.41) is 3.71. The number of hydrogen-bond acceptors (Lipinski definition) is 2. The Kier molecular flexibility index (Phi) is 8.93. The lowest BCUT2D eigenvalue weighted by molar-refractivity contribution is 0.143. The Morgan fingerprint density at radius 3 is 1.95 bits per heavy atom. The van der Waals surface area contributed by atoms with Crippen LogP contribution in [-0.4, -0.2) is 37.1 Å². The molecule has 116 valence electrons. The predicted molar refractivity (Wildman–Crippen MR) is 87.8 cm³/mol. The van der Waals surface area contributed by atoms with Crippen molar-refractivity contribution in [1.29, 1.82) is 0 Å². The molecule has 0 amide bonds. The van der Waals surface area contributed by atoms with E-state index in [4.69, 9.17) is 0 Å². The van der Waals surface area contributed by atoms with Gasteiger partial charge >= 0.3 is 0 Å². The van der Waals surface area contributed by atoms with Crippen molar-refractivity contribution in [3.8, 4) is 0 Å². The van der Waals surface area contributed by atoms with E-state index in [0.717, 1.165) is 6.54 Å². The summed E-state index contributed by atoms with van der Waals surface area (Å²) in [6.07, 6.45) is 6.51. The molecular formula is C17H38N2. The molecule has 0 aromatic carbocycles. The Balaban J connectivity index is 4.35. The lowest BCUT2D eigenvalue weighted by Crippen LogP contribution is -2.48. The number of nitrogens with one attached hydrogen (secondary N) is 1. The third-order valence-corrected chi connectivity index (χ3v) is 4.24. The zero-order valence-electron chi connectivity index (χ0n) is 14.6. The van der Waals surface area contributed by atoms with Gasteiger partial charge in [0.2, 0.25) is 0 Å². The van der Waals surface area contributed by atoms with E-state index in [-0.39, 0.29) is 5.54 Å². The summed E-state index contributed by atoms with van der Waals surface area (Å²) in [7, 11) is 2.28. The van der Waals surface area contributed by atoms with E-state index in [1.807, 2.05) is 0 Å². The molecule has 0 saturated heterocycles. The first-order valence-corrected chi connectivity index (χ1v) is 8.22. The van der Waals surface area contributed by atoms with Gasteiger partial charge in [-0.15, -0.1) is 0 Å². The molecule has 2 nitrogen and oxygen atoms in total. The molecule has 0 saturated carbocycles. The normalized spacial score (nSPS) is 13.3. The van der Waals surface area contributed by atoms with Crippen LogP contribution in [0.15, 0.2) is 0 Å². The molecule has 0 rings (SSSR count). The van der Waals surface area contributed by atoms with Crippen LogP contribution < -0.4 is 5.32 Å². The summed E-state index contributed by atoms with van der Waals surface area (Å²) in [6.45, 7) is 17.3. The van der Waals surface area contributed by atoms with Crippen LogP contribution in [0.25, 0.3) is 0 Å². The smallest absolute Gasteiger partial charge is 0.00967 e. The van der Waals surface area contributed by atoms with E-state index in [1.165, 1.54) is 45.2 Å². The van der Waals surface area contributed by atoms with Crippen molar-refractivity contribution >= 4 is 0 Å². The van der Waals surface area contributed by atoms with Crippen molar-refractivity contribution in [3.05, 3.63) is 0 Å². The van der Waals surface area contributed by atoms with Crippen molar-refractivity contribution < 1.29 is 0 Å². The highest BCUT2D eigenvalue weighted by Crippen LogP contribution is 2.27. The summed E-state index contributed by atoms with van der Waals surface area (Å²) in [4.78, 5) is 2.53. The highest BCUT2D eigenvalue weighted by molar-refractivity contribution is 4.85. The Labute approximate surface area is 122 Å². The van der Waals surface area contributed by atoms with Gasteiger partial charge in [0.1, 0.15) is 0 Å². The standard InChI is InChI=1S/C17H38N2/c1-8-11-12-13-19(7)15-17(9-2,10-3)14-18-16(4,5)6/h18H,8-15H2,1-7H3. The molecule has 0 aromatic heterocycles. The van der Waals surface area contributed by atoms with Gasteiger partial charge in [0, 0.05) is 18.6 Å². The van der Waals surface area contributed by atoms with E-state index in [9.17, 15) is 0 Å². The lowest BCUT2D eigenvalue weighted by Gasteiger charge is -2.38. The summed E-state index contributed by atoms with van der Waals surface area (Å²) in [5.74, 6) is 0. The van der Waals surface area contributed by atoms with Gasteiger partial charge in [-0.3, -0.25) is 0 Å². The molecule has 1 N–H and O–H groups in total. The van der Waals surface area contributed by atoms with Crippen LogP contribution in [0, 0.1) is 5.41 Å². The van der Waals surface area contributed by atoms with Crippen molar-refractivity contribution in [2.45, 2.75) is 79.2 Å². The fraction of sp³-hybridized carbons (Fsp3) is 1.00. The zero-order chi connectivity index (χ0) is 14.9. The van der Waals surface area contributed by atoms with Gasteiger partial charge in [-0.1, -0.05) is 33.6 Å². The molecule has 0 aliphatic rings. The quantitative estimate of drug-likeness (QED) is 0.595. The summed E-state index contributed by atoms with van der Waals surface area (Å²) >= 11 is 0. The summed E-state index contributed by atoms with van der Waals surface area (Å²) in [6, 6.07) is 0. The Morgan fingerprint density at radius 2 is 1.53 bits per heavy atom.